The SMILES string of the molecule is C/C(=C\COc1ccc2ccc(=O)oc2c1)CO.C=C(OC/C=C(\C)CCC=C(C)C)/C(=C\C)OC.CCN(CC)CCOc1ccc(Cc2ccccc2)cc1.c1ccc(Cc2ccc(OCCN3CCCC3)cc2)cc1. The van der Waals surface area contributed by atoms with E-state index in [2.05, 4.69) is 172 Å². The molecule has 1 aliphatic rings. The number of ether oxygens (including phenoxy) is 5. The van der Waals surface area contributed by atoms with Crippen molar-refractivity contribution >= 4 is 11.0 Å². The van der Waals surface area contributed by atoms with Crippen molar-refractivity contribution < 1.29 is 33.2 Å². The molecule has 1 N–H and O–H groups in total. The number of hydrogen-bond acceptors (Lipinski definition) is 10. The van der Waals surface area contributed by atoms with Crippen LogP contribution in [0.5, 0.6) is 17.2 Å². The fraction of sp³-hybridized carbons (Fsp3) is 0.368. The van der Waals surface area contributed by atoms with E-state index in [9.17, 15) is 4.79 Å². The van der Waals surface area contributed by atoms with E-state index in [-0.39, 0.29) is 12.2 Å². The lowest BCUT2D eigenvalue weighted by Crippen LogP contribution is -2.27. The topological polar surface area (TPSA) is 103 Å². The molecular formula is C68H88N2O8. The van der Waals surface area contributed by atoms with Crippen molar-refractivity contribution in [1.82, 2.24) is 9.80 Å². The molecule has 1 aromatic heterocycles. The summed E-state index contributed by atoms with van der Waals surface area (Å²) in [5.74, 6) is 3.82. The lowest BCUT2D eigenvalue weighted by atomic mass is 10.1. The van der Waals surface area contributed by atoms with Crippen LogP contribution >= 0.6 is 0 Å². The zero-order chi connectivity index (χ0) is 56.2. The van der Waals surface area contributed by atoms with E-state index in [4.69, 9.17) is 33.2 Å². The number of methoxy groups -OCH3 is 1. The van der Waals surface area contributed by atoms with E-state index < -0.39 is 0 Å². The van der Waals surface area contributed by atoms with Crippen molar-refractivity contribution in [1.29, 1.82) is 0 Å². The van der Waals surface area contributed by atoms with Crippen LogP contribution in [0.15, 0.2) is 208 Å². The maximum absolute atomic E-state index is 11.1. The van der Waals surface area contributed by atoms with Crippen LogP contribution in [0.3, 0.4) is 0 Å². The molecule has 0 unspecified atom stereocenters. The number of aliphatic hydroxyl groups excluding tert-OH is 1. The molecule has 1 aliphatic heterocycles. The van der Waals surface area contributed by atoms with Gasteiger partial charge in [-0.2, -0.15) is 0 Å². The molecule has 0 spiro atoms. The van der Waals surface area contributed by atoms with Gasteiger partial charge in [0.05, 0.1) is 13.7 Å². The Morgan fingerprint density at radius 2 is 1.21 bits per heavy atom. The number of fused-ring (bicyclic) bond motifs is 1. The van der Waals surface area contributed by atoms with Crippen LogP contribution in [0.2, 0.25) is 0 Å². The van der Waals surface area contributed by atoms with E-state index in [1.165, 1.54) is 65.4 Å². The highest BCUT2D eigenvalue weighted by atomic mass is 16.5. The molecule has 6 aromatic rings. The maximum Gasteiger partial charge on any atom is 0.336 e. The van der Waals surface area contributed by atoms with Gasteiger partial charge >= 0.3 is 5.63 Å². The Morgan fingerprint density at radius 3 is 1.74 bits per heavy atom. The predicted molar refractivity (Wildman–Crippen MR) is 323 cm³/mol. The van der Waals surface area contributed by atoms with Crippen LogP contribution in [0.1, 0.15) is 96.4 Å². The van der Waals surface area contributed by atoms with Gasteiger partial charge in [-0.05, 0) is 188 Å². The summed E-state index contributed by atoms with van der Waals surface area (Å²) in [5.41, 5.74) is 9.00. The van der Waals surface area contributed by atoms with Crippen molar-refractivity contribution in [2.45, 2.75) is 87.0 Å². The third-order valence-electron chi connectivity index (χ3n) is 12.9. The Bertz CT molecular complexity index is 2680. The molecule has 0 amide bonds. The quantitative estimate of drug-likeness (QED) is 0.0244. The predicted octanol–water partition coefficient (Wildman–Crippen LogP) is 14.6. The number of benzene rings is 5. The molecule has 10 nitrogen and oxygen atoms in total. The third kappa shape index (κ3) is 26.3. The van der Waals surface area contributed by atoms with Crippen molar-refractivity contribution in [3.05, 3.63) is 231 Å². The Labute approximate surface area is 467 Å². The van der Waals surface area contributed by atoms with Crippen LogP contribution in [0.25, 0.3) is 11.0 Å². The van der Waals surface area contributed by atoms with Gasteiger partial charge in [0, 0.05) is 30.6 Å². The molecule has 7 rings (SSSR count). The summed E-state index contributed by atoms with van der Waals surface area (Å²) in [4.78, 5) is 15.9. The van der Waals surface area contributed by atoms with Gasteiger partial charge < -0.3 is 38.1 Å². The highest BCUT2D eigenvalue weighted by molar-refractivity contribution is 5.77. The van der Waals surface area contributed by atoms with Gasteiger partial charge in [0.2, 0.25) is 0 Å². The summed E-state index contributed by atoms with van der Waals surface area (Å²) in [5, 5.41) is 9.68. The minimum Gasteiger partial charge on any atom is -0.493 e. The average Bonchev–Trinajstić information content (AvgIpc) is 3.98. The summed E-state index contributed by atoms with van der Waals surface area (Å²) in [6, 6.07) is 46.5. The molecule has 10 heteroatoms. The summed E-state index contributed by atoms with van der Waals surface area (Å²) < 4.78 is 32.8. The van der Waals surface area contributed by atoms with E-state index in [0.29, 0.717) is 36.1 Å². The molecule has 1 saturated heterocycles. The molecule has 0 bridgehead atoms. The fourth-order valence-electron chi connectivity index (χ4n) is 8.12. The van der Waals surface area contributed by atoms with Crippen LogP contribution in [0.4, 0.5) is 0 Å². The summed E-state index contributed by atoms with van der Waals surface area (Å²) in [7, 11) is 1.62. The van der Waals surface area contributed by atoms with E-state index in [0.717, 1.165) is 87.5 Å². The molecule has 0 radical (unpaired) electrons. The summed E-state index contributed by atoms with van der Waals surface area (Å²) >= 11 is 0. The van der Waals surface area contributed by atoms with Gasteiger partial charge in [0.15, 0.2) is 11.5 Å². The highest BCUT2D eigenvalue weighted by Crippen LogP contribution is 2.21. The molecule has 5 aromatic carbocycles. The van der Waals surface area contributed by atoms with E-state index in [1.54, 1.807) is 25.3 Å². The van der Waals surface area contributed by atoms with Gasteiger partial charge in [-0.3, -0.25) is 4.90 Å². The lowest BCUT2D eigenvalue weighted by molar-refractivity contribution is 0.198. The summed E-state index contributed by atoms with van der Waals surface area (Å²) in [6.07, 6.45) is 14.8. The maximum atomic E-state index is 11.1. The molecule has 2 heterocycles. The van der Waals surface area contributed by atoms with Crippen molar-refractivity contribution in [3.8, 4) is 17.2 Å². The average molecular weight is 1060 g/mol. The van der Waals surface area contributed by atoms with Crippen LogP contribution in [0, 0.1) is 0 Å². The minimum atomic E-state index is -0.379. The van der Waals surface area contributed by atoms with Crippen molar-refractivity contribution in [3.63, 3.8) is 0 Å². The van der Waals surface area contributed by atoms with Gasteiger partial charge in [0.1, 0.15) is 49.3 Å². The smallest absolute Gasteiger partial charge is 0.336 e. The Morgan fingerprint density at radius 1 is 0.667 bits per heavy atom. The minimum absolute atomic E-state index is 0.0238. The molecule has 78 heavy (non-hydrogen) atoms. The monoisotopic (exact) mass is 1060 g/mol. The number of nitrogens with zero attached hydrogens (tertiary/aromatic N) is 2. The number of hydrogen-bond donors (Lipinski definition) is 1. The first-order valence-electron chi connectivity index (χ1n) is 27.6. The number of allylic oxidation sites excluding steroid dienone is 4. The van der Waals surface area contributed by atoms with E-state index >= 15 is 0 Å². The summed E-state index contributed by atoms with van der Waals surface area (Å²) in [6.45, 7) is 27.4. The second-order valence-electron chi connectivity index (χ2n) is 19.3. The Balaban J connectivity index is 0.000000225. The van der Waals surface area contributed by atoms with E-state index in [1.807, 2.05) is 32.1 Å². The number of likely N-dealkylation sites (N-methyl/N-ethyl adjacent to an activating group) is 1. The molecule has 0 saturated carbocycles. The zero-order valence-electron chi connectivity index (χ0n) is 48.0. The molecule has 418 valence electrons. The Kier molecular flexibility index (Phi) is 30.6. The number of rotatable bonds is 26. The second kappa shape index (κ2) is 37.6. The standard InChI is InChI=1S/C19H23NO.C19H25NO.C16H26O2.C14H14O4/c1-2-6-17(7-3-1)16-18-8-10-19(11-9-18)21-15-14-20-12-4-5-13-20;1-3-20(4-2)14-15-21-19-12-10-18(11-13-19)16-17-8-6-5-7-9-17;1-7-16(17-6)15(5)18-12-11-14(4)10-8-9-13(2)3;1-10(9-15)6-7-17-12-4-2-11-3-5-14(16)18-13(11)8-12/h1-3,6-11H,4-5,12-16H2;5-13H,3-4,14-16H2,1-2H3;7,9,11H,5,8,10,12H2,1-4,6H3;2-6,8,15H,7,9H2,1H3/b;;14-11+,16-7+;10-6+. The zero-order valence-corrected chi connectivity index (χ0v) is 48.0. The van der Waals surface area contributed by atoms with Crippen molar-refractivity contribution in [2.75, 3.05) is 79.4 Å². The number of aliphatic hydroxyl groups is 1. The van der Waals surface area contributed by atoms with Gasteiger partial charge in [0.25, 0.3) is 0 Å². The first-order chi connectivity index (χ1) is 37.9. The molecule has 1 fully saturated rings. The molecular weight excluding hydrogens is 973 g/mol. The van der Waals surface area contributed by atoms with Crippen LogP contribution < -0.4 is 19.8 Å². The van der Waals surface area contributed by atoms with Crippen molar-refractivity contribution in [2.24, 2.45) is 0 Å². The largest absolute Gasteiger partial charge is 0.493 e. The van der Waals surface area contributed by atoms with Crippen LogP contribution in [-0.4, -0.2) is 94.3 Å². The van der Waals surface area contributed by atoms with Gasteiger partial charge in [-0.25, -0.2) is 4.79 Å². The highest BCUT2D eigenvalue weighted by Gasteiger charge is 2.11. The third-order valence-corrected chi connectivity index (χ3v) is 12.9. The fourth-order valence-corrected chi connectivity index (χ4v) is 8.12. The Hall–Kier alpha value is -7.11. The normalized spacial score (nSPS) is 12.5. The van der Waals surface area contributed by atoms with Gasteiger partial charge in [-0.1, -0.05) is 123 Å². The first kappa shape index (κ1) is 63.4. The second-order valence-corrected chi connectivity index (χ2v) is 19.3. The molecule has 0 aliphatic carbocycles. The molecule has 0 atom stereocenters. The van der Waals surface area contributed by atoms with Gasteiger partial charge in [-0.15, -0.1) is 0 Å². The first-order valence-corrected chi connectivity index (χ1v) is 27.6. The number of likely N-dealkylation sites (tertiary alicyclic amines) is 1. The van der Waals surface area contributed by atoms with Crippen LogP contribution in [-0.2, 0) is 22.3 Å². The lowest BCUT2D eigenvalue weighted by Gasteiger charge is -2.18.